The molecule has 1 aromatic heterocycles. The van der Waals surface area contributed by atoms with Crippen LogP contribution in [0.25, 0.3) is 0 Å². The average molecular weight is 239 g/mol. The van der Waals surface area contributed by atoms with Crippen LogP contribution in [0.15, 0.2) is 12.5 Å². The first-order valence-electron chi connectivity index (χ1n) is 5.49. The lowest BCUT2D eigenvalue weighted by Crippen LogP contribution is -2.25. The largest absolute Gasteiger partial charge is 0.481 e. The number of amides is 1. The van der Waals surface area contributed by atoms with Crippen LogP contribution < -0.4 is 5.32 Å². The summed E-state index contributed by atoms with van der Waals surface area (Å²) in [5, 5.41) is 11.4. The second kappa shape index (κ2) is 6.03. The van der Waals surface area contributed by atoms with E-state index in [9.17, 15) is 9.59 Å². The first-order valence-corrected chi connectivity index (χ1v) is 5.49. The normalized spacial score (nSPS) is 12.1. The molecule has 1 unspecified atom stereocenters. The summed E-state index contributed by atoms with van der Waals surface area (Å²) in [4.78, 5) is 26.0. The van der Waals surface area contributed by atoms with Crippen LogP contribution in [0.3, 0.4) is 0 Å². The number of rotatable bonds is 6. The number of carbonyl (C=O) groups excluding carboxylic acids is 1. The summed E-state index contributed by atoms with van der Waals surface area (Å²) in [5.74, 6) is -1.41. The Morgan fingerprint density at radius 1 is 1.59 bits per heavy atom. The van der Waals surface area contributed by atoms with E-state index in [4.69, 9.17) is 5.11 Å². The number of aromatic nitrogens is 2. The number of hydrogen-bond donors (Lipinski definition) is 2. The summed E-state index contributed by atoms with van der Waals surface area (Å²) in [6, 6.07) is 0. The highest BCUT2D eigenvalue weighted by Crippen LogP contribution is 2.04. The molecular weight excluding hydrogens is 222 g/mol. The number of carboxylic acid groups (broad SMARTS) is 1. The lowest BCUT2D eigenvalue weighted by atomic mass is 10.1. The van der Waals surface area contributed by atoms with Gasteiger partial charge in [0.2, 0.25) is 0 Å². The molecule has 94 valence electrons. The third-order valence-electron chi connectivity index (χ3n) is 2.46. The lowest BCUT2D eigenvalue weighted by Gasteiger charge is -2.06. The molecule has 1 amide bonds. The van der Waals surface area contributed by atoms with Gasteiger partial charge in [-0.1, -0.05) is 6.92 Å². The van der Waals surface area contributed by atoms with Gasteiger partial charge in [0.1, 0.15) is 5.69 Å². The van der Waals surface area contributed by atoms with Crippen LogP contribution in [0.2, 0.25) is 0 Å². The van der Waals surface area contributed by atoms with Crippen LogP contribution in [-0.2, 0) is 11.8 Å². The van der Waals surface area contributed by atoms with Gasteiger partial charge in [-0.3, -0.25) is 9.59 Å². The zero-order valence-corrected chi connectivity index (χ0v) is 10.0. The Morgan fingerprint density at radius 2 is 2.29 bits per heavy atom. The van der Waals surface area contributed by atoms with E-state index >= 15 is 0 Å². The van der Waals surface area contributed by atoms with Gasteiger partial charge in [-0.2, -0.15) is 0 Å². The maximum absolute atomic E-state index is 11.5. The van der Waals surface area contributed by atoms with Crippen molar-refractivity contribution in [1.29, 1.82) is 0 Å². The van der Waals surface area contributed by atoms with Crippen LogP contribution >= 0.6 is 0 Å². The van der Waals surface area contributed by atoms with E-state index in [1.54, 1.807) is 31.1 Å². The summed E-state index contributed by atoms with van der Waals surface area (Å²) in [6.45, 7) is 2.12. The number of aryl methyl sites for hydroxylation is 1. The first-order chi connectivity index (χ1) is 8.00. The van der Waals surface area contributed by atoms with Crippen molar-refractivity contribution in [3.8, 4) is 0 Å². The highest BCUT2D eigenvalue weighted by molar-refractivity contribution is 5.91. The van der Waals surface area contributed by atoms with Gasteiger partial charge in [0.25, 0.3) is 5.91 Å². The molecule has 0 radical (unpaired) electrons. The quantitative estimate of drug-likeness (QED) is 0.714. The van der Waals surface area contributed by atoms with Crippen molar-refractivity contribution >= 4 is 11.9 Å². The molecule has 17 heavy (non-hydrogen) atoms. The smallest absolute Gasteiger partial charge is 0.306 e. The van der Waals surface area contributed by atoms with Crippen molar-refractivity contribution < 1.29 is 14.7 Å². The van der Waals surface area contributed by atoms with E-state index < -0.39 is 5.97 Å². The predicted molar refractivity (Wildman–Crippen MR) is 61.6 cm³/mol. The Bertz CT molecular complexity index is 400. The summed E-state index contributed by atoms with van der Waals surface area (Å²) < 4.78 is 1.70. The van der Waals surface area contributed by atoms with E-state index in [1.165, 1.54) is 0 Å². The average Bonchev–Trinajstić information content (AvgIpc) is 2.70. The molecule has 0 fully saturated rings. The van der Waals surface area contributed by atoms with E-state index in [0.29, 0.717) is 25.1 Å². The first kappa shape index (κ1) is 13.2. The molecule has 2 N–H and O–H groups in total. The summed E-state index contributed by atoms with van der Waals surface area (Å²) in [6.07, 6.45) is 4.39. The molecule has 1 heterocycles. The van der Waals surface area contributed by atoms with Gasteiger partial charge in [0, 0.05) is 19.8 Å². The summed E-state index contributed by atoms with van der Waals surface area (Å²) in [5.41, 5.74) is 0.374. The Balaban J connectivity index is 2.23. The molecule has 0 bridgehead atoms. The molecule has 1 rings (SSSR count). The van der Waals surface area contributed by atoms with Crippen molar-refractivity contribution in [3.63, 3.8) is 0 Å². The molecule has 6 nitrogen and oxygen atoms in total. The zero-order chi connectivity index (χ0) is 12.8. The SMILES string of the molecule is CC(CCCNC(=O)c1cn(C)cn1)C(=O)O. The number of hydrogen-bond acceptors (Lipinski definition) is 3. The van der Waals surface area contributed by atoms with Crippen molar-refractivity contribution in [1.82, 2.24) is 14.9 Å². The van der Waals surface area contributed by atoms with E-state index in [2.05, 4.69) is 10.3 Å². The molecule has 0 saturated heterocycles. The number of nitrogens with zero attached hydrogens (tertiary/aromatic N) is 2. The maximum atomic E-state index is 11.5. The van der Waals surface area contributed by atoms with Crippen LogP contribution in [0.5, 0.6) is 0 Å². The van der Waals surface area contributed by atoms with Crippen LogP contribution in [-0.4, -0.2) is 33.1 Å². The number of aliphatic carboxylic acids is 1. The molecule has 0 aliphatic carbocycles. The van der Waals surface area contributed by atoms with Crippen molar-refractivity contribution in [2.24, 2.45) is 13.0 Å². The zero-order valence-electron chi connectivity index (χ0n) is 10.0. The van der Waals surface area contributed by atoms with Crippen LogP contribution in [0.1, 0.15) is 30.3 Å². The monoisotopic (exact) mass is 239 g/mol. The Morgan fingerprint density at radius 3 is 2.82 bits per heavy atom. The van der Waals surface area contributed by atoms with Crippen molar-refractivity contribution in [3.05, 3.63) is 18.2 Å². The van der Waals surface area contributed by atoms with Gasteiger partial charge >= 0.3 is 5.97 Å². The Hall–Kier alpha value is -1.85. The second-order valence-electron chi connectivity index (χ2n) is 4.06. The number of carbonyl (C=O) groups is 2. The topological polar surface area (TPSA) is 84.2 Å². The fraction of sp³-hybridized carbons (Fsp3) is 0.545. The minimum absolute atomic E-state index is 0.228. The molecule has 0 spiro atoms. The number of nitrogens with one attached hydrogen (secondary N) is 1. The van der Waals surface area contributed by atoms with Gasteiger partial charge in [-0.25, -0.2) is 4.98 Å². The van der Waals surface area contributed by atoms with Gasteiger partial charge < -0.3 is 15.0 Å². The van der Waals surface area contributed by atoms with Crippen molar-refractivity contribution in [2.45, 2.75) is 19.8 Å². The third kappa shape index (κ3) is 4.26. The van der Waals surface area contributed by atoms with E-state index in [1.807, 2.05) is 0 Å². The fourth-order valence-electron chi connectivity index (χ4n) is 1.35. The second-order valence-corrected chi connectivity index (χ2v) is 4.06. The molecular formula is C11H17N3O3. The minimum Gasteiger partial charge on any atom is -0.481 e. The third-order valence-corrected chi connectivity index (χ3v) is 2.46. The van der Waals surface area contributed by atoms with E-state index in [-0.39, 0.29) is 11.8 Å². The highest BCUT2D eigenvalue weighted by Gasteiger charge is 2.11. The van der Waals surface area contributed by atoms with Gasteiger partial charge in [0.05, 0.1) is 12.2 Å². The number of carboxylic acids is 1. The maximum Gasteiger partial charge on any atom is 0.306 e. The Kier molecular flexibility index (Phi) is 4.68. The van der Waals surface area contributed by atoms with Crippen LogP contribution in [0.4, 0.5) is 0 Å². The molecule has 0 saturated carbocycles. The minimum atomic E-state index is -0.805. The van der Waals surface area contributed by atoms with Crippen molar-refractivity contribution in [2.75, 3.05) is 6.54 Å². The number of imidazole rings is 1. The summed E-state index contributed by atoms with van der Waals surface area (Å²) in [7, 11) is 1.79. The summed E-state index contributed by atoms with van der Waals surface area (Å²) >= 11 is 0. The highest BCUT2D eigenvalue weighted by atomic mass is 16.4. The standard InChI is InChI=1S/C11H17N3O3/c1-8(11(16)17)4-3-5-12-10(15)9-6-14(2)7-13-9/h6-8H,3-5H2,1-2H3,(H,12,15)(H,16,17). The lowest BCUT2D eigenvalue weighted by molar-refractivity contribution is -0.141. The van der Waals surface area contributed by atoms with E-state index in [0.717, 1.165) is 0 Å². The van der Waals surface area contributed by atoms with Crippen LogP contribution in [0, 0.1) is 5.92 Å². The molecule has 1 atom stereocenters. The molecule has 0 aliphatic rings. The van der Waals surface area contributed by atoms with Gasteiger partial charge in [-0.15, -0.1) is 0 Å². The molecule has 1 aromatic rings. The molecule has 0 aromatic carbocycles. The predicted octanol–water partition coefficient (Wildman–Crippen LogP) is 0.651. The van der Waals surface area contributed by atoms with Gasteiger partial charge in [-0.05, 0) is 12.8 Å². The Labute approximate surface area is 99.7 Å². The molecule has 6 heteroatoms. The molecule has 0 aliphatic heterocycles. The van der Waals surface area contributed by atoms with Gasteiger partial charge in [0.15, 0.2) is 0 Å². The fourth-order valence-corrected chi connectivity index (χ4v) is 1.35.